The minimum Gasteiger partial charge on any atom is -0.480 e. The topological polar surface area (TPSA) is 58.6 Å². The molecular weight excluding hydrogens is 122 g/mol. The van der Waals surface area contributed by atoms with Gasteiger partial charge in [-0.15, -0.1) is 6.42 Å². The minimum absolute atomic E-state index is 0.0767. The molecule has 0 aliphatic carbocycles. The zero-order valence-electron chi connectivity index (χ0n) is 4.76. The maximum Gasteiger partial charge on any atom is 0.319 e. The fourth-order valence-corrected chi connectivity index (χ4v) is 0.205. The Hall–Kier alpha value is -1.05. The number of carboxylic acids is 1. The summed E-state index contributed by atoms with van der Waals surface area (Å²) in [5.74, 6) is 1.18. The molecule has 2 N–H and O–H groups in total. The van der Waals surface area contributed by atoms with E-state index in [1.54, 1.807) is 0 Å². The number of carboxylic acid groups (broad SMARTS) is 1. The number of nitrogens with one attached hydrogen (secondary N) is 1. The van der Waals surface area contributed by atoms with Gasteiger partial charge in [-0.3, -0.25) is 9.63 Å². The van der Waals surface area contributed by atoms with Crippen molar-refractivity contribution in [3.8, 4) is 12.3 Å². The van der Waals surface area contributed by atoms with Crippen molar-refractivity contribution in [2.75, 3.05) is 13.2 Å². The molecule has 4 nitrogen and oxygen atoms in total. The van der Waals surface area contributed by atoms with Gasteiger partial charge in [-0.05, 0) is 0 Å². The second kappa shape index (κ2) is 5.09. The number of rotatable bonds is 4. The van der Waals surface area contributed by atoms with Gasteiger partial charge in [0.1, 0.15) is 13.2 Å². The molecule has 0 spiro atoms. The van der Waals surface area contributed by atoms with Gasteiger partial charge in [-0.1, -0.05) is 5.92 Å². The third-order valence-electron chi connectivity index (χ3n) is 0.481. The number of hydrogen-bond donors (Lipinski definition) is 2. The Morgan fingerprint density at radius 1 is 1.89 bits per heavy atom. The Bertz CT molecular complexity index is 127. The average molecular weight is 129 g/mol. The van der Waals surface area contributed by atoms with E-state index < -0.39 is 5.97 Å². The van der Waals surface area contributed by atoms with Crippen molar-refractivity contribution >= 4 is 5.97 Å². The molecule has 0 aliphatic rings. The minimum atomic E-state index is -0.980. The van der Waals surface area contributed by atoms with Crippen molar-refractivity contribution in [2.24, 2.45) is 0 Å². The van der Waals surface area contributed by atoms with E-state index >= 15 is 0 Å². The lowest BCUT2D eigenvalue weighted by Crippen LogP contribution is -2.22. The van der Waals surface area contributed by atoms with Crippen LogP contribution in [-0.4, -0.2) is 24.2 Å². The number of hydroxylamine groups is 1. The number of hydrogen-bond acceptors (Lipinski definition) is 3. The van der Waals surface area contributed by atoms with E-state index in [1.807, 2.05) is 0 Å². The summed E-state index contributed by atoms with van der Waals surface area (Å²) in [7, 11) is 0. The fourth-order valence-electron chi connectivity index (χ4n) is 0.205. The monoisotopic (exact) mass is 129 g/mol. The molecule has 0 bridgehead atoms. The Labute approximate surface area is 52.8 Å². The number of terminal acetylenes is 1. The zero-order valence-corrected chi connectivity index (χ0v) is 4.76. The van der Waals surface area contributed by atoms with Crippen molar-refractivity contribution in [2.45, 2.75) is 0 Å². The normalized spacial score (nSPS) is 8.33. The summed E-state index contributed by atoms with van der Waals surface area (Å²) < 4.78 is 0. The van der Waals surface area contributed by atoms with Gasteiger partial charge in [0, 0.05) is 0 Å². The summed E-state index contributed by atoms with van der Waals surface area (Å²) in [6.45, 7) is -0.158. The molecule has 0 heterocycles. The van der Waals surface area contributed by atoms with Crippen LogP contribution < -0.4 is 5.48 Å². The van der Waals surface area contributed by atoms with Crippen molar-refractivity contribution in [3.63, 3.8) is 0 Å². The summed E-state index contributed by atoms with van der Waals surface area (Å²) in [5.41, 5.74) is 2.14. The van der Waals surface area contributed by atoms with Crippen LogP contribution in [0, 0.1) is 12.3 Å². The van der Waals surface area contributed by atoms with Gasteiger partial charge in [0.2, 0.25) is 0 Å². The van der Waals surface area contributed by atoms with Crippen LogP contribution in [0.15, 0.2) is 0 Å². The van der Waals surface area contributed by atoms with Crippen molar-refractivity contribution < 1.29 is 14.7 Å². The van der Waals surface area contributed by atoms with E-state index in [1.165, 1.54) is 0 Å². The number of aliphatic carboxylic acids is 1. The van der Waals surface area contributed by atoms with Crippen molar-refractivity contribution in [3.05, 3.63) is 0 Å². The molecule has 50 valence electrons. The van der Waals surface area contributed by atoms with E-state index in [4.69, 9.17) is 11.5 Å². The molecular formula is C5H7NO3. The highest BCUT2D eigenvalue weighted by Crippen LogP contribution is 1.63. The van der Waals surface area contributed by atoms with Gasteiger partial charge in [-0.2, -0.15) is 5.48 Å². The molecule has 4 heteroatoms. The molecule has 0 rings (SSSR count). The second-order valence-corrected chi connectivity index (χ2v) is 1.21. The molecule has 0 unspecified atom stereocenters. The lowest BCUT2D eigenvalue weighted by Gasteiger charge is -1.95. The molecule has 9 heavy (non-hydrogen) atoms. The summed E-state index contributed by atoms with van der Waals surface area (Å²) in [6, 6.07) is 0. The van der Waals surface area contributed by atoms with Crippen LogP contribution in [0.25, 0.3) is 0 Å². The van der Waals surface area contributed by atoms with Crippen LogP contribution in [0.4, 0.5) is 0 Å². The van der Waals surface area contributed by atoms with E-state index in [0.717, 1.165) is 0 Å². The van der Waals surface area contributed by atoms with Crippen LogP contribution in [0.5, 0.6) is 0 Å². The fraction of sp³-hybridized carbons (Fsp3) is 0.400. The van der Waals surface area contributed by atoms with Gasteiger partial charge in [0.25, 0.3) is 0 Å². The van der Waals surface area contributed by atoms with Crippen LogP contribution >= 0.6 is 0 Å². The highest BCUT2D eigenvalue weighted by atomic mass is 16.6. The first-order chi connectivity index (χ1) is 4.27. The maximum absolute atomic E-state index is 9.77. The first-order valence-electron chi connectivity index (χ1n) is 2.27. The molecule has 0 aliphatic heterocycles. The predicted molar refractivity (Wildman–Crippen MR) is 30.4 cm³/mol. The molecule has 0 aromatic rings. The lowest BCUT2D eigenvalue weighted by atomic mass is 10.7. The van der Waals surface area contributed by atoms with E-state index in [0.29, 0.717) is 0 Å². The molecule has 0 aromatic carbocycles. The van der Waals surface area contributed by atoms with Gasteiger partial charge in [-0.25, -0.2) is 0 Å². The maximum atomic E-state index is 9.77. The van der Waals surface area contributed by atoms with E-state index in [2.05, 4.69) is 16.2 Å². The zero-order chi connectivity index (χ0) is 7.11. The first-order valence-corrected chi connectivity index (χ1v) is 2.27. The molecule has 0 fully saturated rings. The Morgan fingerprint density at radius 3 is 3.00 bits per heavy atom. The summed E-state index contributed by atoms with van der Waals surface area (Å²) >= 11 is 0. The highest BCUT2D eigenvalue weighted by Gasteiger charge is 1.91. The third kappa shape index (κ3) is 6.95. The molecule has 0 aromatic heterocycles. The van der Waals surface area contributed by atoms with Gasteiger partial charge in [0.05, 0.1) is 0 Å². The summed E-state index contributed by atoms with van der Waals surface area (Å²) in [6.07, 6.45) is 4.78. The summed E-state index contributed by atoms with van der Waals surface area (Å²) in [4.78, 5) is 14.2. The number of carbonyl (C=O) groups is 1. The predicted octanol–water partition coefficient (Wildman–Crippen LogP) is -0.775. The molecule has 0 atom stereocenters. The second-order valence-electron chi connectivity index (χ2n) is 1.21. The first kappa shape index (κ1) is 7.95. The molecule has 0 radical (unpaired) electrons. The molecule has 0 saturated heterocycles. The highest BCUT2D eigenvalue weighted by molar-refractivity contribution is 5.68. The lowest BCUT2D eigenvalue weighted by molar-refractivity contribution is -0.138. The smallest absolute Gasteiger partial charge is 0.319 e. The van der Waals surface area contributed by atoms with E-state index in [9.17, 15) is 4.79 Å². The van der Waals surface area contributed by atoms with Crippen LogP contribution in [0.2, 0.25) is 0 Å². The van der Waals surface area contributed by atoms with Crippen molar-refractivity contribution in [1.29, 1.82) is 0 Å². The van der Waals surface area contributed by atoms with Crippen LogP contribution in [0.3, 0.4) is 0 Å². The quantitative estimate of drug-likeness (QED) is 0.297. The largest absolute Gasteiger partial charge is 0.480 e. The average Bonchev–Trinajstić information content (AvgIpc) is 1.80. The van der Waals surface area contributed by atoms with Crippen LogP contribution in [0.1, 0.15) is 0 Å². The summed E-state index contributed by atoms with van der Waals surface area (Å²) in [5, 5.41) is 8.02. The molecule has 0 saturated carbocycles. The van der Waals surface area contributed by atoms with Gasteiger partial charge in [0.15, 0.2) is 0 Å². The Kier molecular flexibility index (Phi) is 4.50. The SMILES string of the molecule is C#CCONCC(=O)O. The van der Waals surface area contributed by atoms with Gasteiger partial charge < -0.3 is 5.11 Å². The Balaban J connectivity index is 2.94. The standard InChI is InChI=1S/C5H7NO3/c1-2-3-9-6-4-5(7)8/h1,6H,3-4H2,(H,7,8). The van der Waals surface area contributed by atoms with Crippen LogP contribution in [-0.2, 0) is 9.63 Å². The molecule has 0 amide bonds. The third-order valence-corrected chi connectivity index (χ3v) is 0.481. The van der Waals surface area contributed by atoms with E-state index in [-0.39, 0.29) is 13.2 Å². The van der Waals surface area contributed by atoms with Crippen molar-refractivity contribution in [1.82, 2.24) is 5.48 Å². The Morgan fingerprint density at radius 2 is 2.56 bits per heavy atom. The van der Waals surface area contributed by atoms with Gasteiger partial charge >= 0.3 is 5.97 Å².